The summed E-state index contributed by atoms with van der Waals surface area (Å²) >= 11 is 0. The van der Waals surface area contributed by atoms with Crippen LogP contribution in [0.4, 0.5) is 0 Å². The Morgan fingerprint density at radius 3 is 2.71 bits per heavy atom. The van der Waals surface area contributed by atoms with Gasteiger partial charge in [-0.25, -0.2) is 8.42 Å². The van der Waals surface area contributed by atoms with E-state index in [-0.39, 0.29) is 5.92 Å². The predicted octanol–water partition coefficient (Wildman–Crippen LogP) is 3.17. The highest BCUT2D eigenvalue weighted by molar-refractivity contribution is 7.91. The van der Waals surface area contributed by atoms with Crippen molar-refractivity contribution in [3.63, 3.8) is 0 Å². The first kappa shape index (κ1) is 15.0. The van der Waals surface area contributed by atoms with Crippen LogP contribution in [0.5, 0.6) is 0 Å². The fraction of sp³-hybridized carbons (Fsp3) is 0.647. The Hall–Kier alpha value is -0.870. The van der Waals surface area contributed by atoms with Gasteiger partial charge in [-0.1, -0.05) is 26.0 Å². The van der Waals surface area contributed by atoms with Gasteiger partial charge in [0.05, 0.1) is 10.6 Å². The first-order valence-electron chi connectivity index (χ1n) is 7.95. The van der Waals surface area contributed by atoms with Crippen LogP contribution in [0.15, 0.2) is 23.1 Å². The Bertz CT molecular complexity index is 636. The van der Waals surface area contributed by atoms with E-state index in [2.05, 4.69) is 31.9 Å². The highest BCUT2D eigenvalue weighted by Crippen LogP contribution is 2.40. The third-order valence-electron chi connectivity index (χ3n) is 5.12. The lowest BCUT2D eigenvalue weighted by atomic mass is 9.90. The van der Waals surface area contributed by atoms with Gasteiger partial charge in [-0.15, -0.1) is 0 Å². The number of hydrogen-bond donors (Lipinski definition) is 0. The molecule has 1 aromatic rings. The van der Waals surface area contributed by atoms with Crippen molar-refractivity contribution >= 4 is 9.84 Å². The molecule has 116 valence electrons. The molecule has 1 unspecified atom stereocenters. The molecule has 3 nitrogen and oxygen atoms in total. The van der Waals surface area contributed by atoms with Gasteiger partial charge in [0.2, 0.25) is 0 Å². The first-order chi connectivity index (χ1) is 9.88. The van der Waals surface area contributed by atoms with E-state index in [1.165, 1.54) is 18.4 Å². The van der Waals surface area contributed by atoms with E-state index in [1.54, 1.807) is 0 Å². The third kappa shape index (κ3) is 2.76. The molecular weight excluding hydrogens is 282 g/mol. The summed E-state index contributed by atoms with van der Waals surface area (Å²) in [5.74, 6) is 0.913. The molecule has 0 aromatic heterocycles. The van der Waals surface area contributed by atoms with Crippen molar-refractivity contribution < 1.29 is 8.42 Å². The maximum Gasteiger partial charge on any atom is 0.179 e. The quantitative estimate of drug-likeness (QED) is 0.861. The molecule has 0 N–H and O–H groups in total. The molecular formula is C17H25NO2S. The van der Waals surface area contributed by atoms with Crippen LogP contribution in [0, 0.1) is 0 Å². The molecule has 0 radical (unpaired) electrons. The lowest BCUT2D eigenvalue weighted by Gasteiger charge is -2.23. The summed E-state index contributed by atoms with van der Waals surface area (Å²) in [6.45, 7) is 5.46. The Morgan fingerprint density at radius 2 is 2.10 bits per heavy atom. The summed E-state index contributed by atoms with van der Waals surface area (Å²) in [6, 6.07) is 6.49. The lowest BCUT2D eigenvalue weighted by molar-refractivity contribution is 0.286. The average molecular weight is 307 g/mol. The second kappa shape index (κ2) is 5.40. The van der Waals surface area contributed by atoms with Crippen molar-refractivity contribution in [3.05, 3.63) is 29.3 Å². The topological polar surface area (TPSA) is 37.4 Å². The molecule has 4 heteroatoms. The zero-order valence-corrected chi connectivity index (χ0v) is 14.0. The van der Waals surface area contributed by atoms with Crippen LogP contribution in [0.2, 0.25) is 0 Å². The van der Waals surface area contributed by atoms with Crippen molar-refractivity contribution in [2.45, 2.75) is 55.9 Å². The Morgan fingerprint density at radius 1 is 1.33 bits per heavy atom. The van der Waals surface area contributed by atoms with E-state index >= 15 is 0 Å². The molecule has 1 fully saturated rings. The molecule has 2 atom stereocenters. The predicted molar refractivity (Wildman–Crippen MR) is 85.6 cm³/mol. The molecule has 0 saturated carbocycles. The minimum Gasteiger partial charge on any atom is -0.303 e. The highest BCUT2D eigenvalue weighted by Gasteiger charge is 2.37. The number of rotatable bonds is 3. The van der Waals surface area contributed by atoms with E-state index in [4.69, 9.17) is 0 Å². The van der Waals surface area contributed by atoms with Crippen LogP contribution >= 0.6 is 0 Å². The second-order valence-electron chi connectivity index (χ2n) is 6.94. The van der Waals surface area contributed by atoms with Crippen molar-refractivity contribution in [2.24, 2.45) is 0 Å². The Balaban J connectivity index is 1.93. The Kier molecular flexibility index (Phi) is 3.87. The van der Waals surface area contributed by atoms with Gasteiger partial charge in [0.25, 0.3) is 0 Å². The minimum atomic E-state index is -3.07. The molecule has 21 heavy (non-hydrogen) atoms. The summed E-state index contributed by atoms with van der Waals surface area (Å²) in [6.07, 6.45) is 3.41. The van der Waals surface area contributed by atoms with Gasteiger partial charge in [0, 0.05) is 12.0 Å². The van der Waals surface area contributed by atoms with Crippen LogP contribution in [0.3, 0.4) is 0 Å². The monoisotopic (exact) mass is 307 g/mol. The number of nitrogens with zero attached hydrogens (tertiary/aromatic N) is 1. The first-order valence-corrected chi connectivity index (χ1v) is 9.60. The smallest absolute Gasteiger partial charge is 0.179 e. The minimum absolute atomic E-state index is 0.175. The largest absolute Gasteiger partial charge is 0.303 e. The van der Waals surface area contributed by atoms with Crippen LogP contribution in [0.25, 0.3) is 0 Å². The van der Waals surface area contributed by atoms with E-state index in [0.29, 0.717) is 22.6 Å². The third-order valence-corrected chi connectivity index (χ3v) is 7.01. The second-order valence-corrected chi connectivity index (χ2v) is 8.95. The molecule has 1 aromatic carbocycles. The molecule has 2 aliphatic rings. The highest BCUT2D eigenvalue weighted by atomic mass is 32.2. The van der Waals surface area contributed by atoms with Crippen LogP contribution < -0.4 is 0 Å². The maximum absolute atomic E-state index is 12.4. The number of benzene rings is 1. The molecule has 3 rings (SSSR count). The summed E-state index contributed by atoms with van der Waals surface area (Å²) < 4.78 is 24.8. The van der Waals surface area contributed by atoms with Gasteiger partial charge in [-0.05, 0) is 56.0 Å². The molecule has 2 heterocycles. The normalized spacial score (nSPS) is 28.2. The summed E-state index contributed by atoms with van der Waals surface area (Å²) in [7, 11) is -0.916. The molecule has 0 spiro atoms. The van der Waals surface area contributed by atoms with Gasteiger partial charge in [-0.2, -0.15) is 0 Å². The van der Waals surface area contributed by atoms with Crippen molar-refractivity contribution in [1.29, 1.82) is 0 Å². The average Bonchev–Trinajstić information content (AvgIpc) is 2.92. The van der Waals surface area contributed by atoms with Crippen LogP contribution in [0.1, 0.15) is 56.1 Å². The van der Waals surface area contributed by atoms with E-state index in [0.717, 1.165) is 18.5 Å². The van der Waals surface area contributed by atoms with Crippen LogP contribution in [-0.2, 0) is 9.84 Å². The zero-order chi connectivity index (χ0) is 15.2. The summed E-state index contributed by atoms with van der Waals surface area (Å²) in [4.78, 5) is 2.97. The Labute approximate surface area is 128 Å². The SMILES string of the molecule is CC(C)c1ccc2c(c1)C(C[C@H]1CCCN1C)CS2(=O)=O. The van der Waals surface area contributed by atoms with Crippen molar-refractivity contribution in [1.82, 2.24) is 4.90 Å². The van der Waals surface area contributed by atoms with E-state index < -0.39 is 9.84 Å². The molecule has 2 aliphatic heterocycles. The summed E-state index contributed by atoms with van der Waals surface area (Å²) in [5, 5.41) is 0. The summed E-state index contributed by atoms with van der Waals surface area (Å²) in [5.41, 5.74) is 2.32. The number of sulfone groups is 1. The standard InChI is InChI=1S/C17H25NO2S/c1-12(2)13-6-7-17-16(10-13)14(11-21(17,19)20)9-15-5-4-8-18(15)3/h6-7,10,12,14-15H,4-5,8-9,11H2,1-3H3/t14?,15-/m1/s1. The van der Waals surface area contributed by atoms with E-state index in [9.17, 15) is 8.42 Å². The molecule has 0 amide bonds. The van der Waals surface area contributed by atoms with Gasteiger partial charge in [-0.3, -0.25) is 0 Å². The van der Waals surface area contributed by atoms with Gasteiger partial charge in [0.15, 0.2) is 9.84 Å². The zero-order valence-electron chi connectivity index (χ0n) is 13.2. The maximum atomic E-state index is 12.4. The lowest BCUT2D eigenvalue weighted by Crippen LogP contribution is -2.27. The van der Waals surface area contributed by atoms with Crippen LogP contribution in [-0.4, -0.2) is 38.7 Å². The van der Waals surface area contributed by atoms with Crippen molar-refractivity contribution in [2.75, 3.05) is 19.3 Å². The number of hydrogen-bond acceptors (Lipinski definition) is 3. The van der Waals surface area contributed by atoms with Gasteiger partial charge in [0.1, 0.15) is 0 Å². The van der Waals surface area contributed by atoms with Crippen molar-refractivity contribution in [3.8, 4) is 0 Å². The molecule has 0 bridgehead atoms. The number of fused-ring (bicyclic) bond motifs is 1. The van der Waals surface area contributed by atoms with Gasteiger partial charge >= 0.3 is 0 Å². The number of likely N-dealkylation sites (tertiary alicyclic amines) is 1. The van der Waals surface area contributed by atoms with Gasteiger partial charge < -0.3 is 4.90 Å². The fourth-order valence-corrected chi connectivity index (χ4v) is 5.66. The van der Waals surface area contributed by atoms with E-state index in [1.807, 2.05) is 12.1 Å². The fourth-order valence-electron chi connectivity index (χ4n) is 3.77. The molecule has 0 aliphatic carbocycles. The molecule has 1 saturated heterocycles.